The summed E-state index contributed by atoms with van der Waals surface area (Å²) in [5.74, 6) is 0.0163. The molecule has 1 amide bonds. The highest BCUT2D eigenvalue weighted by Crippen LogP contribution is 2.33. The number of anilines is 1. The number of hydrogen-bond donors (Lipinski definition) is 1. The summed E-state index contributed by atoms with van der Waals surface area (Å²) in [6.45, 7) is 2.59. The van der Waals surface area contributed by atoms with E-state index in [0.717, 1.165) is 0 Å². The molecule has 17 heavy (non-hydrogen) atoms. The number of amides is 1. The van der Waals surface area contributed by atoms with Gasteiger partial charge in [0.25, 0.3) is 0 Å². The van der Waals surface area contributed by atoms with Gasteiger partial charge in [-0.05, 0) is 26.1 Å². The average molecular weight is 238 g/mol. The van der Waals surface area contributed by atoms with Crippen molar-refractivity contribution in [3.63, 3.8) is 0 Å². The van der Waals surface area contributed by atoms with Gasteiger partial charge in [0.1, 0.15) is 17.7 Å². The quantitative estimate of drug-likeness (QED) is 0.840. The zero-order valence-electron chi connectivity index (χ0n) is 9.87. The van der Waals surface area contributed by atoms with E-state index in [2.05, 4.69) is 5.32 Å². The van der Waals surface area contributed by atoms with Crippen molar-refractivity contribution >= 4 is 11.6 Å². The third kappa shape index (κ3) is 2.39. The lowest BCUT2D eigenvalue weighted by molar-refractivity contribution is -0.118. The molecule has 0 bridgehead atoms. The smallest absolute Gasteiger partial charge is 0.241 e. The minimum absolute atomic E-state index is 0.0458. The van der Waals surface area contributed by atoms with Gasteiger partial charge in [-0.25, -0.2) is 4.39 Å². The van der Waals surface area contributed by atoms with Crippen molar-refractivity contribution in [1.82, 2.24) is 5.32 Å². The highest BCUT2D eigenvalue weighted by Gasteiger charge is 2.27. The fourth-order valence-corrected chi connectivity index (χ4v) is 1.90. The Morgan fingerprint density at radius 2 is 2.41 bits per heavy atom. The summed E-state index contributed by atoms with van der Waals surface area (Å²) in [5, 5.41) is 2.82. The summed E-state index contributed by atoms with van der Waals surface area (Å²) in [6.07, 6.45) is -0.134. The van der Waals surface area contributed by atoms with Gasteiger partial charge in [0.15, 0.2) is 0 Å². The third-order valence-corrected chi connectivity index (χ3v) is 2.61. The van der Waals surface area contributed by atoms with Gasteiger partial charge in [-0.1, -0.05) is 0 Å². The average Bonchev–Trinajstić information content (AvgIpc) is 2.27. The van der Waals surface area contributed by atoms with Crippen LogP contribution in [0.2, 0.25) is 0 Å². The molecule has 0 saturated heterocycles. The summed E-state index contributed by atoms with van der Waals surface area (Å²) in [7, 11) is 1.72. The van der Waals surface area contributed by atoms with Gasteiger partial charge in [0.05, 0.1) is 18.8 Å². The molecule has 0 saturated carbocycles. The van der Waals surface area contributed by atoms with Crippen molar-refractivity contribution in [3.05, 3.63) is 24.0 Å². The van der Waals surface area contributed by atoms with Gasteiger partial charge in [-0.15, -0.1) is 0 Å². The molecule has 0 radical (unpaired) electrons. The van der Waals surface area contributed by atoms with Crippen LogP contribution in [0.25, 0.3) is 0 Å². The SMILES string of the molecule is CNCC(=O)N1C[C@H](C)Oc2cc(F)ccc21. The van der Waals surface area contributed by atoms with E-state index in [0.29, 0.717) is 18.0 Å². The number of halogens is 1. The molecule has 1 aromatic carbocycles. The van der Waals surface area contributed by atoms with Crippen molar-refractivity contribution in [1.29, 1.82) is 0 Å². The van der Waals surface area contributed by atoms with E-state index < -0.39 is 0 Å². The van der Waals surface area contributed by atoms with Crippen molar-refractivity contribution in [2.24, 2.45) is 0 Å². The lowest BCUT2D eigenvalue weighted by atomic mass is 10.2. The number of ether oxygens (including phenoxy) is 1. The van der Waals surface area contributed by atoms with Crippen molar-refractivity contribution in [2.75, 3.05) is 25.0 Å². The summed E-state index contributed by atoms with van der Waals surface area (Å²) in [5.41, 5.74) is 0.629. The number of rotatable bonds is 2. The van der Waals surface area contributed by atoms with Crippen LogP contribution in [0.3, 0.4) is 0 Å². The molecular formula is C12H15FN2O2. The maximum atomic E-state index is 13.1. The fraction of sp³-hybridized carbons (Fsp3) is 0.417. The zero-order chi connectivity index (χ0) is 12.4. The number of nitrogens with zero attached hydrogens (tertiary/aromatic N) is 1. The topological polar surface area (TPSA) is 41.6 Å². The van der Waals surface area contributed by atoms with Crippen molar-refractivity contribution in [3.8, 4) is 5.75 Å². The highest BCUT2D eigenvalue weighted by molar-refractivity contribution is 5.96. The maximum Gasteiger partial charge on any atom is 0.241 e. The molecule has 1 aromatic rings. The van der Waals surface area contributed by atoms with Crippen LogP contribution < -0.4 is 15.0 Å². The predicted molar refractivity (Wildman–Crippen MR) is 62.8 cm³/mol. The van der Waals surface area contributed by atoms with E-state index in [1.807, 2.05) is 6.92 Å². The second kappa shape index (κ2) is 4.71. The molecule has 92 valence electrons. The minimum atomic E-state index is -0.362. The highest BCUT2D eigenvalue weighted by atomic mass is 19.1. The van der Waals surface area contributed by atoms with Crippen LogP contribution in [0.15, 0.2) is 18.2 Å². The van der Waals surface area contributed by atoms with Gasteiger partial charge >= 0.3 is 0 Å². The molecule has 0 fully saturated rings. The van der Waals surface area contributed by atoms with E-state index in [-0.39, 0.29) is 24.4 Å². The van der Waals surface area contributed by atoms with E-state index in [1.165, 1.54) is 12.1 Å². The molecule has 1 heterocycles. The van der Waals surface area contributed by atoms with Crippen LogP contribution in [-0.2, 0) is 4.79 Å². The molecule has 0 spiro atoms. The summed E-state index contributed by atoms with van der Waals surface area (Å²) in [6, 6.07) is 4.21. The number of benzene rings is 1. The van der Waals surface area contributed by atoms with Crippen molar-refractivity contribution < 1.29 is 13.9 Å². The molecule has 1 aliphatic heterocycles. The molecule has 0 aliphatic carbocycles. The molecule has 0 aromatic heterocycles. The number of nitrogens with one attached hydrogen (secondary N) is 1. The minimum Gasteiger partial charge on any atom is -0.487 e. The largest absolute Gasteiger partial charge is 0.487 e. The lowest BCUT2D eigenvalue weighted by Crippen LogP contribution is -2.45. The van der Waals surface area contributed by atoms with Gasteiger partial charge < -0.3 is 15.0 Å². The van der Waals surface area contributed by atoms with Crippen LogP contribution in [0.4, 0.5) is 10.1 Å². The number of carbonyl (C=O) groups excluding carboxylic acids is 1. The van der Waals surface area contributed by atoms with Crippen LogP contribution in [0, 0.1) is 5.82 Å². The summed E-state index contributed by atoms with van der Waals surface area (Å²) >= 11 is 0. The van der Waals surface area contributed by atoms with Crippen molar-refractivity contribution in [2.45, 2.75) is 13.0 Å². The van der Waals surface area contributed by atoms with E-state index in [4.69, 9.17) is 4.74 Å². The first kappa shape index (κ1) is 11.9. The monoisotopic (exact) mass is 238 g/mol. The number of fused-ring (bicyclic) bond motifs is 1. The van der Waals surface area contributed by atoms with Crippen LogP contribution in [0.1, 0.15) is 6.92 Å². The molecule has 2 rings (SSSR count). The molecule has 1 N–H and O–H groups in total. The second-order valence-corrected chi connectivity index (χ2v) is 4.08. The standard InChI is InChI=1S/C12H15FN2O2/c1-8-7-15(12(16)6-14-2)10-4-3-9(13)5-11(10)17-8/h3-5,8,14H,6-7H2,1-2H3/t8-/m0/s1. The molecular weight excluding hydrogens is 223 g/mol. The first-order chi connectivity index (χ1) is 8.11. The lowest BCUT2D eigenvalue weighted by Gasteiger charge is -2.33. The number of likely N-dealkylation sites (N-methyl/N-ethyl adjacent to an activating group) is 1. The zero-order valence-corrected chi connectivity index (χ0v) is 9.87. The van der Waals surface area contributed by atoms with Gasteiger partial charge in [-0.3, -0.25) is 4.79 Å². The van der Waals surface area contributed by atoms with E-state index in [1.54, 1.807) is 18.0 Å². The van der Waals surface area contributed by atoms with Gasteiger partial charge in [0, 0.05) is 6.07 Å². The molecule has 4 nitrogen and oxygen atoms in total. The Bertz CT molecular complexity index is 437. The number of carbonyl (C=O) groups is 1. The number of hydrogen-bond acceptors (Lipinski definition) is 3. The molecule has 0 unspecified atom stereocenters. The van der Waals surface area contributed by atoms with Crippen LogP contribution in [-0.4, -0.2) is 32.1 Å². The molecule has 1 aliphatic rings. The molecule has 5 heteroatoms. The van der Waals surface area contributed by atoms with E-state index in [9.17, 15) is 9.18 Å². The predicted octanol–water partition coefficient (Wildman–Crippen LogP) is 1.16. The Morgan fingerprint density at radius 3 is 3.12 bits per heavy atom. The van der Waals surface area contributed by atoms with Crippen LogP contribution >= 0.6 is 0 Å². The Kier molecular flexibility index (Phi) is 3.28. The first-order valence-electron chi connectivity index (χ1n) is 5.53. The van der Waals surface area contributed by atoms with E-state index >= 15 is 0 Å². The first-order valence-corrected chi connectivity index (χ1v) is 5.53. The molecule has 1 atom stereocenters. The third-order valence-electron chi connectivity index (χ3n) is 2.61. The van der Waals surface area contributed by atoms with Gasteiger partial charge in [-0.2, -0.15) is 0 Å². The normalized spacial score (nSPS) is 18.5. The Hall–Kier alpha value is -1.62. The summed E-state index contributed by atoms with van der Waals surface area (Å²) < 4.78 is 18.6. The summed E-state index contributed by atoms with van der Waals surface area (Å²) in [4.78, 5) is 13.5. The van der Waals surface area contributed by atoms with Crippen LogP contribution in [0.5, 0.6) is 5.75 Å². The second-order valence-electron chi connectivity index (χ2n) is 4.08. The Labute approximate surface area is 99.4 Å². The fourth-order valence-electron chi connectivity index (χ4n) is 1.90. The Morgan fingerprint density at radius 1 is 1.65 bits per heavy atom. The van der Waals surface area contributed by atoms with Gasteiger partial charge in [0.2, 0.25) is 5.91 Å². The Balaban J connectivity index is 2.34. The maximum absolute atomic E-state index is 13.1.